The van der Waals surface area contributed by atoms with Gasteiger partial charge < -0.3 is 14.2 Å². The molecule has 1 aromatic heterocycles. The van der Waals surface area contributed by atoms with E-state index in [1.807, 2.05) is 48.9 Å². The predicted octanol–water partition coefficient (Wildman–Crippen LogP) is 2.34. The fourth-order valence-electron chi connectivity index (χ4n) is 2.26. The molecule has 2 aromatic rings. The first-order valence-electron chi connectivity index (χ1n) is 7.80. The van der Waals surface area contributed by atoms with Gasteiger partial charge in [-0.25, -0.2) is 0 Å². The number of hydrogen-bond donors (Lipinski definition) is 0. The fraction of sp³-hybridized carbons (Fsp3) is 0.412. The van der Waals surface area contributed by atoms with Crippen molar-refractivity contribution < 1.29 is 9.53 Å². The van der Waals surface area contributed by atoms with Gasteiger partial charge in [-0.15, -0.1) is 10.2 Å². The number of rotatable bonds is 7. The lowest BCUT2D eigenvalue weighted by molar-refractivity contribution is -0.128. The summed E-state index contributed by atoms with van der Waals surface area (Å²) in [6.07, 6.45) is 0.325. The minimum Gasteiger partial charge on any atom is -0.497 e. The molecule has 0 unspecified atom stereocenters. The molecule has 25 heavy (non-hydrogen) atoms. The molecule has 7 nitrogen and oxygen atoms in total. The minimum absolute atomic E-state index is 0.0331. The summed E-state index contributed by atoms with van der Waals surface area (Å²) in [6, 6.07) is 9.62. The van der Waals surface area contributed by atoms with Crippen LogP contribution >= 0.6 is 11.8 Å². The Kier molecular flexibility index (Phi) is 6.42. The number of carbonyl (C=O) groups excluding carboxylic acids is 1. The maximum absolute atomic E-state index is 12.3. The SMILES string of the molecule is COc1ccc(-c2nnc(S[C@@H](C)C(=O)N(C)CCC#N)n2C)cc1. The summed E-state index contributed by atoms with van der Waals surface area (Å²) in [5.74, 6) is 1.47. The number of ether oxygens (including phenoxy) is 1. The molecule has 8 heteroatoms. The predicted molar refractivity (Wildman–Crippen MR) is 96.2 cm³/mol. The van der Waals surface area contributed by atoms with E-state index in [1.165, 1.54) is 11.8 Å². The lowest BCUT2D eigenvalue weighted by Gasteiger charge is -2.19. The van der Waals surface area contributed by atoms with Crippen LogP contribution in [-0.4, -0.2) is 51.5 Å². The lowest BCUT2D eigenvalue weighted by atomic mass is 10.2. The van der Waals surface area contributed by atoms with Crippen molar-refractivity contribution in [3.63, 3.8) is 0 Å². The molecule has 1 atom stereocenters. The van der Waals surface area contributed by atoms with Gasteiger partial charge in [0.2, 0.25) is 5.91 Å². The molecular weight excluding hydrogens is 338 g/mol. The third-order valence-electron chi connectivity index (χ3n) is 3.75. The highest BCUT2D eigenvalue weighted by molar-refractivity contribution is 8.00. The number of nitrogens with zero attached hydrogens (tertiary/aromatic N) is 5. The Morgan fingerprint density at radius 1 is 1.40 bits per heavy atom. The Hall–Kier alpha value is -2.53. The number of aromatic nitrogens is 3. The van der Waals surface area contributed by atoms with Gasteiger partial charge in [0.25, 0.3) is 0 Å². The van der Waals surface area contributed by atoms with Gasteiger partial charge in [0.15, 0.2) is 11.0 Å². The Morgan fingerprint density at radius 2 is 2.08 bits per heavy atom. The van der Waals surface area contributed by atoms with E-state index in [-0.39, 0.29) is 11.2 Å². The topological polar surface area (TPSA) is 84.0 Å². The van der Waals surface area contributed by atoms with Crippen molar-refractivity contribution in [2.75, 3.05) is 20.7 Å². The molecule has 0 aliphatic rings. The second-order valence-electron chi connectivity index (χ2n) is 5.52. The molecule has 1 aromatic carbocycles. The number of methoxy groups -OCH3 is 1. The van der Waals surface area contributed by atoms with Gasteiger partial charge in [0, 0.05) is 26.2 Å². The van der Waals surface area contributed by atoms with Crippen molar-refractivity contribution in [3.8, 4) is 23.2 Å². The zero-order valence-electron chi connectivity index (χ0n) is 14.8. The van der Waals surface area contributed by atoms with Crippen LogP contribution in [0.1, 0.15) is 13.3 Å². The van der Waals surface area contributed by atoms with Crippen molar-refractivity contribution in [1.29, 1.82) is 5.26 Å². The molecule has 0 aliphatic heterocycles. The van der Waals surface area contributed by atoms with E-state index in [2.05, 4.69) is 10.2 Å². The summed E-state index contributed by atoms with van der Waals surface area (Å²) < 4.78 is 7.03. The van der Waals surface area contributed by atoms with Gasteiger partial charge in [-0.3, -0.25) is 4.79 Å². The Bertz CT molecular complexity index is 766. The first kappa shape index (κ1) is 18.8. The average molecular weight is 359 g/mol. The molecule has 0 saturated heterocycles. The second-order valence-corrected chi connectivity index (χ2v) is 6.83. The van der Waals surface area contributed by atoms with Gasteiger partial charge in [-0.05, 0) is 31.2 Å². The van der Waals surface area contributed by atoms with Crippen molar-refractivity contribution in [2.24, 2.45) is 7.05 Å². The van der Waals surface area contributed by atoms with Gasteiger partial charge in [0.05, 0.1) is 24.8 Å². The monoisotopic (exact) mass is 359 g/mol. The van der Waals surface area contributed by atoms with E-state index >= 15 is 0 Å². The highest BCUT2D eigenvalue weighted by atomic mass is 32.2. The van der Waals surface area contributed by atoms with Crippen LogP contribution in [0.25, 0.3) is 11.4 Å². The highest BCUT2D eigenvalue weighted by Crippen LogP contribution is 2.27. The Labute approximate surface area is 151 Å². The summed E-state index contributed by atoms with van der Waals surface area (Å²) in [6.45, 7) is 2.26. The first-order valence-corrected chi connectivity index (χ1v) is 8.68. The number of nitriles is 1. The van der Waals surface area contributed by atoms with Crippen LogP contribution in [0.3, 0.4) is 0 Å². The van der Waals surface area contributed by atoms with Crippen LogP contribution in [-0.2, 0) is 11.8 Å². The van der Waals surface area contributed by atoms with Crippen molar-refractivity contribution in [3.05, 3.63) is 24.3 Å². The van der Waals surface area contributed by atoms with Crippen molar-refractivity contribution >= 4 is 17.7 Å². The van der Waals surface area contributed by atoms with E-state index in [9.17, 15) is 4.79 Å². The quantitative estimate of drug-likeness (QED) is 0.706. The van der Waals surface area contributed by atoms with Crippen LogP contribution in [0.15, 0.2) is 29.4 Å². The molecule has 0 fully saturated rings. The number of amides is 1. The van der Waals surface area contributed by atoms with Gasteiger partial charge in [-0.1, -0.05) is 11.8 Å². The maximum atomic E-state index is 12.3. The van der Waals surface area contributed by atoms with Crippen molar-refractivity contribution in [2.45, 2.75) is 23.8 Å². The molecule has 0 aliphatic carbocycles. The fourth-order valence-corrected chi connectivity index (χ4v) is 3.19. The molecular formula is C17H21N5O2S. The largest absolute Gasteiger partial charge is 0.497 e. The summed E-state index contributed by atoms with van der Waals surface area (Å²) in [5.41, 5.74) is 0.924. The molecule has 0 bridgehead atoms. The molecule has 132 valence electrons. The summed E-state index contributed by atoms with van der Waals surface area (Å²) in [4.78, 5) is 13.9. The van der Waals surface area contributed by atoms with Crippen LogP contribution in [0.2, 0.25) is 0 Å². The second kappa shape index (κ2) is 8.53. The van der Waals surface area contributed by atoms with E-state index < -0.39 is 0 Å². The third kappa shape index (κ3) is 4.51. The zero-order chi connectivity index (χ0) is 18.4. The molecule has 1 amide bonds. The van der Waals surface area contributed by atoms with Crippen LogP contribution < -0.4 is 4.74 Å². The number of thioether (sulfide) groups is 1. The van der Waals surface area contributed by atoms with Gasteiger partial charge in [0.1, 0.15) is 5.75 Å². The maximum Gasteiger partial charge on any atom is 0.235 e. The molecule has 1 heterocycles. The average Bonchev–Trinajstić information content (AvgIpc) is 2.99. The van der Waals surface area contributed by atoms with Gasteiger partial charge in [-0.2, -0.15) is 5.26 Å². The standard InChI is InChI=1S/C17H21N5O2S/c1-12(16(23)21(2)11-5-10-18)25-17-20-19-15(22(17)3)13-6-8-14(24-4)9-7-13/h6-9,12H,5,11H2,1-4H3/t12-/m0/s1. The lowest BCUT2D eigenvalue weighted by Crippen LogP contribution is -2.34. The summed E-state index contributed by atoms with van der Waals surface area (Å²) in [7, 11) is 5.20. The minimum atomic E-state index is -0.310. The number of carbonyl (C=O) groups is 1. The third-order valence-corrected chi connectivity index (χ3v) is 4.87. The molecule has 0 spiro atoms. The highest BCUT2D eigenvalue weighted by Gasteiger charge is 2.22. The van der Waals surface area contributed by atoms with Crippen LogP contribution in [0, 0.1) is 11.3 Å². The molecule has 0 radical (unpaired) electrons. The van der Waals surface area contributed by atoms with E-state index in [4.69, 9.17) is 10.00 Å². The first-order chi connectivity index (χ1) is 12.0. The summed E-state index contributed by atoms with van der Waals surface area (Å²) in [5, 5.41) is 17.4. The number of benzene rings is 1. The molecule has 0 saturated carbocycles. The van der Waals surface area contributed by atoms with E-state index in [0.29, 0.717) is 18.1 Å². The van der Waals surface area contributed by atoms with Crippen molar-refractivity contribution in [1.82, 2.24) is 19.7 Å². The van der Waals surface area contributed by atoms with E-state index in [1.54, 1.807) is 19.1 Å². The molecule has 2 rings (SSSR count). The normalized spacial score (nSPS) is 11.6. The summed E-state index contributed by atoms with van der Waals surface area (Å²) >= 11 is 1.35. The Balaban J connectivity index is 2.10. The van der Waals surface area contributed by atoms with E-state index in [0.717, 1.165) is 17.1 Å². The smallest absolute Gasteiger partial charge is 0.235 e. The number of hydrogen-bond acceptors (Lipinski definition) is 6. The van der Waals surface area contributed by atoms with Gasteiger partial charge >= 0.3 is 0 Å². The van der Waals surface area contributed by atoms with Crippen LogP contribution in [0.5, 0.6) is 5.75 Å². The zero-order valence-corrected chi connectivity index (χ0v) is 15.6. The van der Waals surface area contributed by atoms with Crippen LogP contribution in [0.4, 0.5) is 0 Å². The Morgan fingerprint density at radius 3 is 2.68 bits per heavy atom. The molecule has 0 N–H and O–H groups in total.